The number of amides is 8. The maximum absolute atomic E-state index is 11.8. The van der Waals surface area contributed by atoms with Gasteiger partial charge in [-0.25, -0.2) is 9.78 Å². The molecule has 0 atom stereocenters. The van der Waals surface area contributed by atoms with Crippen molar-refractivity contribution in [1.82, 2.24) is 43.5 Å². The predicted molar refractivity (Wildman–Crippen MR) is 420 cm³/mol. The Labute approximate surface area is 655 Å². The standard InChI is InChI=1S/C11H12N2O2.C10H10NO.2C10H11NO.C10H9NO.C9H10N2O.C9H8N2O.C9H10N2O.C6H11NO.Y/c1-8(14)13-7-12(2)11(15)9-5-3-4-6-10(9)13;1-11-7-9(12)6-8-4-2-3-5-10(8)11;1-11-7-9-5-3-2-4-8(9)6-10(11)12;2*1-11-7-6-8-4-2-3-5-9(8)10(11)12;2*1-11-6-10-8-5-3-2-4-7(8)9(11)12;1-11-6-7-4-2-3-5-8(7)10-9(11)12;1-7-5-3-2-4-6(7)8;/h3-6H,7H2,1-2H3;2-6H,7H2,1H3;2*2-5H,6-7H2,1H3;2-7H,1H3;2-5,10H,6H2,1H3;2-6H,1H3;2-5H,6H2,1H3,(H,10,12);2-5H2,1H3;/q;-1;;;;;;;;. The third-order valence-electron chi connectivity index (χ3n) is 18.6. The van der Waals surface area contributed by atoms with E-state index in [0.29, 0.717) is 55.4 Å². The number of aryl methyl sites for hydroxylation is 2. The van der Waals surface area contributed by atoms with Crippen LogP contribution in [0.2, 0.25) is 0 Å². The molecule has 108 heavy (non-hydrogen) atoms. The van der Waals surface area contributed by atoms with Crippen molar-refractivity contribution >= 4 is 91.7 Å². The van der Waals surface area contributed by atoms with Crippen molar-refractivity contribution in [1.29, 1.82) is 0 Å². The molecule has 0 unspecified atom stereocenters. The number of pyridine rings is 1. The molecular weight excluding hydrogens is 1440 g/mol. The van der Waals surface area contributed by atoms with E-state index in [1.807, 2.05) is 203 Å². The number of para-hydroxylation sites is 5. The van der Waals surface area contributed by atoms with Gasteiger partial charge in [0.2, 0.25) is 17.7 Å². The molecule has 9 heterocycles. The second kappa shape index (κ2) is 39.2. The maximum atomic E-state index is 11.8. The van der Waals surface area contributed by atoms with Crippen LogP contribution < -0.4 is 31.6 Å². The number of fused-ring (bicyclic) bond motifs is 8. The molecule has 0 saturated carbocycles. The van der Waals surface area contributed by atoms with Gasteiger partial charge in [0.05, 0.1) is 53.7 Å². The van der Waals surface area contributed by atoms with Gasteiger partial charge in [0.15, 0.2) is 0 Å². The van der Waals surface area contributed by atoms with Gasteiger partial charge in [-0.05, 0) is 115 Å². The zero-order valence-electron chi connectivity index (χ0n) is 62.8. The van der Waals surface area contributed by atoms with E-state index < -0.39 is 0 Å². The van der Waals surface area contributed by atoms with Crippen molar-refractivity contribution in [3.8, 4) is 0 Å². The number of urea groups is 1. The number of hydrogen-bond acceptors (Lipinski definition) is 13. The number of carbonyl (C=O) groups is 8. The summed E-state index contributed by atoms with van der Waals surface area (Å²) in [6.45, 7) is 6.17. The Morgan fingerprint density at radius 1 is 0.435 bits per heavy atom. The van der Waals surface area contributed by atoms with Crippen LogP contribution in [-0.4, -0.2) is 173 Å². The van der Waals surface area contributed by atoms with Crippen molar-refractivity contribution in [2.45, 2.75) is 52.1 Å². The van der Waals surface area contributed by atoms with E-state index in [0.717, 1.165) is 88.9 Å². The number of benzene rings is 8. The van der Waals surface area contributed by atoms with Crippen LogP contribution in [0.25, 0.3) is 21.7 Å². The molecule has 24 heteroatoms. The molecule has 8 aromatic carbocycles. The summed E-state index contributed by atoms with van der Waals surface area (Å²) in [4.78, 5) is 131. The van der Waals surface area contributed by atoms with Gasteiger partial charge in [-0.3, -0.25) is 43.3 Å². The molecule has 10 aromatic rings. The number of likely N-dealkylation sites (N-methyl/N-ethyl adjacent to an activating group) is 3. The Bertz CT molecular complexity index is 4780. The first-order valence-electron chi connectivity index (χ1n) is 35.2. The van der Waals surface area contributed by atoms with E-state index in [4.69, 9.17) is 0 Å². The summed E-state index contributed by atoms with van der Waals surface area (Å²) >= 11 is 0. The first kappa shape index (κ1) is 82.1. The van der Waals surface area contributed by atoms with Gasteiger partial charge in [-0.1, -0.05) is 133 Å². The molecular formula is C84H92N13O10Y-. The average molecular weight is 1530 g/mol. The Hall–Kier alpha value is -11.6. The quantitative estimate of drug-likeness (QED) is 0.134. The fraction of sp³-hybridized carbons (Fsp3) is 0.262. The predicted octanol–water partition coefficient (Wildman–Crippen LogP) is 10.8. The third-order valence-corrected chi connectivity index (χ3v) is 18.6. The minimum Gasteiger partial charge on any atom is -0.420 e. The number of carbonyl (C=O) groups excluding carboxylic acids is 8. The zero-order chi connectivity index (χ0) is 76.8. The smallest absolute Gasteiger partial charge is 0.321 e. The number of anilines is 4. The fourth-order valence-electron chi connectivity index (χ4n) is 12.3. The minimum atomic E-state index is -0.0539. The molecule has 0 bridgehead atoms. The van der Waals surface area contributed by atoms with Gasteiger partial charge in [-0.2, -0.15) is 11.6 Å². The monoisotopic (exact) mass is 1530 g/mol. The Kier molecular flexibility index (Phi) is 29.8. The number of nitrogens with zero attached hydrogens (tertiary/aromatic N) is 11. The summed E-state index contributed by atoms with van der Waals surface area (Å²) < 4.78 is 3.06. The summed E-state index contributed by atoms with van der Waals surface area (Å²) in [7, 11) is 16.2. The molecule has 17 rings (SSSR count). The normalized spacial score (nSPS) is 14.7. The molecule has 2 aromatic heterocycles. The molecule has 1 saturated heterocycles. The molecule has 1 fully saturated rings. The van der Waals surface area contributed by atoms with Crippen molar-refractivity contribution in [3.63, 3.8) is 0 Å². The summed E-state index contributed by atoms with van der Waals surface area (Å²) in [6.07, 6.45) is 9.59. The van der Waals surface area contributed by atoms with E-state index in [1.165, 1.54) is 51.4 Å². The molecule has 7 aliphatic rings. The van der Waals surface area contributed by atoms with Crippen LogP contribution in [0.5, 0.6) is 0 Å². The number of aromatic nitrogens is 3. The number of hydrogen-bond donors (Lipinski definition) is 2. The van der Waals surface area contributed by atoms with Gasteiger partial charge < -0.3 is 58.9 Å². The minimum absolute atomic E-state index is 0. The summed E-state index contributed by atoms with van der Waals surface area (Å²) in [5, 5.41) is 8.39. The van der Waals surface area contributed by atoms with Crippen LogP contribution in [0.3, 0.4) is 0 Å². The molecule has 0 spiro atoms. The summed E-state index contributed by atoms with van der Waals surface area (Å²) in [5.41, 5.74) is 12.6. The molecule has 23 nitrogen and oxygen atoms in total. The summed E-state index contributed by atoms with van der Waals surface area (Å²) in [6, 6.07) is 63.2. The van der Waals surface area contributed by atoms with Crippen LogP contribution in [0, 0.1) is 6.42 Å². The Morgan fingerprint density at radius 3 is 1.69 bits per heavy atom. The second-order valence-electron chi connectivity index (χ2n) is 26.6. The Morgan fingerprint density at radius 2 is 0.991 bits per heavy atom. The van der Waals surface area contributed by atoms with E-state index in [2.05, 4.69) is 21.7 Å². The van der Waals surface area contributed by atoms with Crippen molar-refractivity contribution in [3.05, 3.63) is 284 Å². The SMILES string of the molecule is CC(=O)N1CN(C)C(=O)c2ccccc21.CN1CC(=O)[CH-]c2ccccc21.CN1CCCCC1=O.CN1CCc2ccccc2C1=O.CN1CNc2ccccc2C1=O.CN1Cc2ccccc2CC1=O.CN1Cc2ccccc2NC1=O.Cn1ccc2ccccc2c1=O.Cn1cnc2ccccc2c1=O.[Y]. The van der Waals surface area contributed by atoms with Crippen molar-refractivity contribution in [2.24, 2.45) is 14.1 Å². The van der Waals surface area contributed by atoms with Gasteiger partial charge >= 0.3 is 6.03 Å². The van der Waals surface area contributed by atoms with Crippen LogP contribution in [-0.2, 0) is 91.9 Å². The number of piperidine rings is 1. The van der Waals surface area contributed by atoms with E-state index in [1.54, 1.807) is 106 Å². The first-order chi connectivity index (χ1) is 51.4. The van der Waals surface area contributed by atoms with E-state index >= 15 is 0 Å². The molecule has 8 amide bonds. The fourth-order valence-corrected chi connectivity index (χ4v) is 12.3. The molecule has 7 aliphatic heterocycles. The number of likely N-dealkylation sites (tertiary alicyclic amines) is 1. The number of nitrogens with one attached hydrogen (secondary N) is 2. The van der Waals surface area contributed by atoms with Gasteiger partial charge in [0.25, 0.3) is 28.8 Å². The van der Waals surface area contributed by atoms with Gasteiger partial charge in [-0.15, -0.1) is 12.5 Å². The zero-order valence-corrected chi connectivity index (χ0v) is 65.7. The molecule has 557 valence electrons. The van der Waals surface area contributed by atoms with Crippen LogP contribution in [0.1, 0.15) is 85.1 Å². The largest absolute Gasteiger partial charge is 0.420 e. The number of rotatable bonds is 0. The molecule has 1 radical (unpaired) electrons. The van der Waals surface area contributed by atoms with Crippen molar-refractivity contribution < 1.29 is 71.1 Å². The van der Waals surface area contributed by atoms with Crippen LogP contribution >= 0.6 is 0 Å². The Balaban J connectivity index is 0.000000153. The molecule has 0 aliphatic carbocycles. The van der Waals surface area contributed by atoms with Crippen molar-refractivity contribution in [2.75, 3.05) is 103 Å². The van der Waals surface area contributed by atoms with E-state index in [-0.39, 0.29) is 85.2 Å². The number of Topliss-reactive ketones (excluding diaryl/α,β-unsaturated/α-hetero) is 1. The van der Waals surface area contributed by atoms with Crippen LogP contribution in [0.15, 0.2) is 222 Å². The summed E-state index contributed by atoms with van der Waals surface area (Å²) in [5.74, 6) is 0.840. The maximum Gasteiger partial charge on any atom is 0.321 e. The van der Waals surface area contributed by atoms with Crippen LogP contribution in [0.4, 0.5) is 27.5 Å². The third kappa shape index (κ3) is 21.6. The average Bonchev–Trinajstić information content (AvgIpc) is 0.782. The van der Waals surface area contributed by atoms with Gasteiger partial charge in [0.1, 0.15) is 12.5 Å². The number of ketones is 1. The topological polar surface area (TPSA) is 243 Å². The second-order valence-corrected chi connectivity index (χ2v) is 26.6. The first-order valence-corrected chi connectivity index (χ1v) is 35.2. The van der Waals surface area contributed by atoms with Gasteiger partial charge in [0, 0.05) is 157 Å². The molecule has 2 N–H and O–H groups in total. The van der Waals surface area contributed by atoms with E-state index in [9.17, 15) is 47.9 Å².